The molecule has 0 bridgehead atoms. The van der Waals surface area contributed by atoms with Crippen molar-refractivity contribution in [3.05, 3.63) is 39.4 Å². The van der Waals surface area contributed by atoms with Crippen molar-refractivity contribution in [1.29, 1.82) is 0 Å². The van der Waals surface area contributed by atoms with Crippen LogP contribution in [-0.4, -0.2) is 41.9 Å². The van der Waals surface area contributed by atoms with Gasteiger partial charge in [-0.2, -0.15) is 4.39 Å². The molecule has 1 heterocycles. The highest BCUT2D eigenvalue weighted by Gasteiger charge is 2.29. The molecule has 20 heavy (non-hydrogen) atoms. The topological polar surface area (TPSA) is 75.5 Å². The number of carbonyl (C=O) groups excluding carboxylic acids is 1. The first-order valence-electron chi connectivity index (χ1n) is 6.02. The number of hydrogen-bond donors (Lipinski definition) is 1. The Hall–Kier alpha value is -2.09. The Kier molecular flexibility index (Phi) is 3.93. The van der Waals surface area contributed by atoms with Gasteiger partial charge in [-0.1, -0.05) is 0 Å². The van der Waals surface area contributed by atoms with Gasteiger partial charge in [0.05, 0.1) is 4.92 Å². The number of rotatable bonds is 3. The van der Waals surface area contributed by atoms with Crippen molar-refractivity contribution < 1.29 is 18.5 Å². The van der Waals surface area contributed by atoms with E-state index < -0.39 is 33.7 Å². The lowest BCUT2D eigenvalue weighted by Crippen LogP contribution is -2.37. The fraction of sp³-hybridized carbons (Fsp3) is 0.417. The minimum atomic E-state index is -1.45. The number of benzene rings is 1. The minimum Gasteiger partial charge on any atom is -0.348 e. The van der Waals surface area contributed by atoms with Crippen LogP contribution in [0.3, 0.4) is 0 Å². The van der Waals surface area contributed by atoms with Crippen LogP contribution in [0.5, 0.6) is 0 Å². The van der Waals surface area contributed by atoms with Crippen LogP contribution in [0.2, 0.25) is 0 Å². The molecule has 1 N–H and O–H groups in total. The summed E-state index contributed by atoms with van der Waals surface area (Å²) in [4.78, 5) is 23.5. The first-order chi connectivity index (χ1) is 9.40. The van der Waals surface area contributed by atoms with E-state index in [4.69, 9.17) is 0 Å². The zero-order chi connectivity index (χ0) is 14.9. The molecule has 108 valence electrons. The van der Waals surface area contributed by atoms with Gasteiger partial charge in [0, 0.05) is 18.7 Å². The lowest BCUT2D eigenvalue weighted by molar-refractivity contribution is -0.387. The number of nitro groups is 1. The van der Waals surface area contributed by atoms with Gasteiger partial charge < -0.3 is 10.2 Å². The van der Waals surface area contributed by atoms with E-state index in [2.05, 4.69) is 5.32 Å². The number of nitrogens with zero attached hydrogens (tertiary/aromatic N) is 2. The van der Waals surface area contributed by atoms with Crippen LogP contribution in [0.4, 0.5) is 14.5 Å². The number of likely N-dealkylation sites (tertiary alicyclic amines) is 1. The quantitative estimate of drug-likeness (QED) is 0.671. The summed E-state index contributed by atoms with van der Waals surface area (Å²) in [6.07, 6.45) is 0.667. The second-order valence-electron chi connectivity index (χ2n) is 4.73. The number of likely N-dealkylation sites (N-methyl/N-ethyl adjacent to an activating group) is 1. The summed E-state index contributed by atoms with van der Waals surface area (Å²) in [6, 6.07) is 1.20. The number of amides is 1. The number of halogens is 2. The summed E-state index contributed by atoms with van der Waals surface area (Å²) < 4.78 is 27.4. The maximum atomic E-state index is 13.8. The molecule has 0 aromatic heterocycles. The van der Waals surface area contributed by atoms with E-state index in [0.29, 0.717) is 19.0 Å². The van der Waals surface area contributed by atoms with Crippen molar-refractivity contribution in [2.45, 2.75) is 12.5 Å². The second kappa shape index (κ2) is 5.49. The van der Waals surface area contributed by atoms with Gasteiger partial charge in [-0.15, -0.1) is 0 Å². The smallest absolute Gasteiger partial charge is 0.305 e. The summed E-state index contributed by atoms with van der Waals surface area (Å²) in [5, 5.41) is 13.1. The predicted molar refractivity (Wildman–Crippen MR) is 66.4 cm³/mol. The van der Waals surface area contributed by atoms with Gasteiger partial charge in [0.1, 0.15) is 11.4 Å². The van der Waals surface area contributed by atoms with Crippen LogP contribution >= 0.6 is 0 Å². The Morgan fingerprint density at radius 1 is 1.50 bits per heavy atom. The lowest BCUT2D eigenvalue weighted by atomic mass is 10.1. The Balaban J connectivity index is 2.25. The first kappa shape index (κ1) is 14.3. The molecular weight excluding hydrogens is 272 g/mol. The summed E-state index contributed by atoms with van der Waals surface area (Å²) >= 11 is 0. The number of carbonyl (C=O) groups is 1. The lowest BCUT2D eigenvalue weighted by Gasteiger charge is -2.13. The third-order valence-corrected chi connectivity index (χ3v) is 3.22. The van der Waals surface area contributed by atoms with Crippen LogP contribution in [-0.2, 0) is 0 Å². The van der Waals surface area contributed by atoms with E-state index in [-0.39, 0.29) is 6.04 Å². The first-order valence-corrected chi connectivity index (χ1v) is 6.02. The van der Waals surface area contributed by atoms with Crippen molar-refractivity contribution in [2.75, 3.05) is 20.1 Å². The zero-order valence-electron chi connectivity index (χ0n) is 10.7. The average Bonchev–Trinajstić information content (AvgIpc) is 2.74. The van der Waals surface area contributed by atoms with Gasteiger partial charge >= 0.3 is 5.69 Å². The molecule has 1 amide bonds. The molecule has 0 aliphatic carbocycles. The molecule has 1 aliphatic rings. The molecule has 1 aromatic carbocycles. The number of nitro benzene ring substituents is 1. The number of hydrogen-bond acceptors (Lipinski definition) is 4. The van der Waals surface area contributed by atoms with E-state index in [1.54, 1.807) is 0 Å². The fourth-order valence-corrected chi connectivity index (χ4v) is 2.20. The molecular formula is C12H13F2N3O3. The molecule has 6 nitrogen and oxygen atoms in total. The molecule has 1 saturated heterocycles. The Morgan fingerprint density at radius 2 is 2.20 bits per heavy atom. The fourth-order valence-electron chi connectivity index (χ4n) is 2.20. The second-order valence-corrected chi connectivity index (χ2v) is 4.73. The number of nitrogens with one attached hydrogen (secondary N) is 1. The monoisotopic (exact) mass is 285 g/mol. The van der Waals surface area contributed by atoms with Crippen molar-refractivity contribution >= 4 is 11.6 Å². The van der Waals surface area contributed by atoms with E-state index in [1.807, 2.05) is 11.9 Å². The van der Waals surface area contributed by atoms with Gasteiger partial charge in [0.25, 0.3) is 5.91 Å². The highest BCUT2D eigenvalue weighted by molar-refractivity contribution is 5.95. The van der Waals surface area contributed by atoms with Crippen molar-refractivity contribution in [2.24, 2.45) is 0 Å². The van der Waals surface area contributed by atoms with Crippen LogP contribution in [0, 0.1) is 21.7 Å². The SMILES string of the molecule is CN1CCC(NC(=O)c2c(F)ccc([N+](=O)[O-])c2F)C1. The van der Waals surface area contributed by atoms with Crippen LogP contribution < -0.4 is 5.32 Å². The van der Waals surface area contributed by atoms with Crippen molar-refractivity contribution in [3.63, 3.8) is 0 Å². The highest BCUT2D eigenvalue weighted by atomic mass is 19.1. The summed E-state index contributed by atoms with van der Waals surface area (Å²) in [7, 11) is 1.86. The van der Waals surface area contributed by atoms with Gasteiger partial charge in [-0.3, -0.25) is 14.9 Å². The normalized spacial score (nSPS) is 19.1. The molecule has 0 radical (unpaired) electrons. The molecule has 1 atom stereocenters. The summed E-state index contributed by atoms with van der Waals surface area (Å²) in [6.45, 7) is 1.34. The molecule has 2 rings (SSSR count). The Labute approximate surface area is 113 Å². The van der Waals surface area contributed by atoms with Gasteiger partial charge in [0.15, 0.2) is 0 Å². The van der Waals surface area contributed by atoms with E-state index in [9.17, 15) is 23.7 Å². The summed E-state index contributed by atoms with van der Waals surface area (Å²) in [5.41, 5.74) is -1.83. The Morgan fingerprint density at radius 3 is 2.75 bits per heavy atom. The molecule has 1 aliphatic heterocycles. The molecule has 0 spiro atoms. The van der Waals surface area contributed by atoms with Crippen LogP contribution in [0.1, 0.15) is 16.8 Å². The molecule has 1 aromatic rings. The predicted octanol–water partition coefficient (Wildman–Crippen LogP) is 1.31. The summed E-state index contributed by atoms with van der Waals surface area (Å²) in [5.74, 6) is -3.53. The largest absolute Gasteiger partial charge is 0.348 e. The highest BCUT2D eigenvalue weighted by Crippen LogP contribution is 2.23. The third kappa shape index (κ3) is 2.74. The zero-order valence-corrected chi connectivity index (χ0v) is 10.7. The van der Waals surface area contributed by atoms with Gasteiger partial charge in [-0.05, 0) is 26.1 Å². The van der Waals surface area contributed by atoms with E-state index >= 15 is 0 Å². The standard InChI is InChI=1S/C12H13F2N3O3/c1-16-5-4-7(6-16)15-12(18)10-8(13)2-3-9(11(10)14)17(19)20/h2-3,7H,4-6H2,1H3,(H,15,18). The molecule has 1 unspecified atom stereocenters. The third-order valence-electron chi connectivity index (χ3n) is 3.22. The van der Waals surface area contributed by atoms with E-state index in [0.717, 1.165) is 12.6 Å². The Bertz CT molecular complexity index is 565. The van der Waals surface area contributed by atoms with Crippen molar-refractivity contribution in [1.82, 2.24) is 10.2 Å². The molecule has 1 fully saturated rings. The molecule has 8 heteroatoms. The average molecular weight is 285 g/mol. The maximum Gasteiger partial charge on any atom is 0.305 e. The van der Waals surface area contributed by atoms with Gasteiger partial charge in [-0.25, -0.2) is 4.39 Å². The minimum absolute atomic E-state index is 0.217. The van der Waals surface area contributed by atoms with Gasteiger partial charge in [0.2, 0.25) is 5.82 Å². The van der Waals surface area contributed by atoms with Crippen molar-refractivity contribution in [3.8, 4) is 0 Å². The maximum absolute atomic E-state index is 13.8. The molecule has 0 saturated carbocycles. The van der Waals surface area contributed by atoms with E-state index in [1.165, 1.54) is 0 Å². The van der Waals surface area contributed by atoms with Crippen LogP contribution in [0.25, 0.3) is 0 Å². The van der Waals surface area contributed by atoms with Crippen LogP contribution in [0.15, 0.2) is 12.1 Å².